The molecule has 17 nitrogen and oxygen atoms in total. The molecule has 1 aromatic heterocycles. The van der Waals surface area contributed by atoms with Gasteiger partial charge in [-0.05, 0) is 58.8 Å². The lowest BCUT2D eigenvalue weighted by molar-refractivity contribution is -0.149. The Labute approximate surface area is 278 Å². The summed E-state index contributed by atoms with van der Waals surface area (Å²) in [5, 5.41) is 31.7. The van der Waals surface area contributed by atoms with Crippen molar-refractivity contribution in [1.82, 2.24) is 35.6 Å². The predicted octanol–water partition coefficient (Wildman–Crippen LogP) is 1.33. The van der Waals surface area contributed by atoms with Gasteiger partial charge >= 0.3 is 17.8 Å². The van der Waals surface area contributed by atoms with E-state index in [0.717, 1.165) is 0 Å². The average Bonchev–Trinajstić information content (AvgIpc) is 3.68. The standard InChI is InChI=1S/C29H29ClN10O7S/c1-2-32-48(46,47)37-19-11-7-17(8-12-19)9-14-24(41)34-25-20-5-3-4-6-21(20)35-29(25,28(44)45)36-27(43)26(42)33-22-15-18(30)10-13-23(22)40-16-31-38-39-40/h3-8,10-13,15-16,25,32,35,37H,2,9,14H2,1H3,(H,33,42)(H,34,41)(H,36,43)(H,44,45). The van der Waals surface area contributed by atoms with Gasteiger partial charge in [0, 0.05) is 34.9 Å². The number of hydrogen-bond donors (Lipinski definition) is 7. The smallest absolute Gasteiger partial charge is 0.353 e. The predicted molar refractivity (Wildman–Crippen MR) is 173 cm³/mol. The van der Waals surface area contributed by atoms with E-state index in [9.17, 15) is 32.7 Å². The van der Waals surface area contributed by atoms with Gasteiger partial charge in [0.05, 0.1) is 11.4 Å². The Balaban J connectivity index is 1.31. The number of amides is 3. The Morgan fingerprint density at radius 3 is 2.48 bits per heavy atom. The second-order valence-electron chi connectivity index (χ2n) is 10.5. The topological polar surface area (TPSA) is 238 Å². The van der Waals surface area contributed by atoms with Crippen molar-refractivity contribution in [2.24, 2.45) is 0 Å². The largest absolute Gasteiger partial charge is 0.478 e. The number of para-hydroxylation sites is 1. The molecule has 0 fully saturated rings. The molecule has 2 atom stereocenters. The fraction of sp³-hybridized carbons (Fsp3) is 0.207. The lowest BCUT2D eigenvalue weighted by atomic mass is 9.96. The fourth-order valence-corrected chi connectivity index (χ4v) is 6.08. The Bertz CT molecular complexity index is 1960. The number of halogens is 1. The van der Waals surface area contributed by atoms with Crippen molar-refractivity contribution in [2.45, 2.75) is 31.5 Å². The molecule has 0 aliphatic carbocycles. The number of carboxylic acids is 1. The number of carbonyl (C=O) groups is 4. The van der Waals surface area contributed by atoms with Crippen molar-refractivity contribution in [3.05, 3.63) is 89.2 Å². The average molecular weight is 697 g/mol. The maximum atomic E-state index is 13.3. The molecule has 19 heteroatoms. The number of aliphatic carboxylic acids is 1. The molecule has 3 aromatic carbocycles. The first-order valence-electron chi connectivity index (χ1n) is 14.3. The normalized spacial score (nSPS) is 16.7. The lowest BCUT2D eigenvalue weighted by Gasteiger charge is -2.33. The highest BCUT2D eigenvalue weighted by Gasteiger charge is 2.55. The van der Waals surface area contributed by atoms with Gasteiger partial charge < -0.3 is 26.4 Å². The first-order chi connectivity index (χ1) is 22.9. The molecule has 0 saturated carbocycles. The SMILES string of the molecule is CCNS(=O)(=O)Nc1ccc(CCC(=O)NC2c3ccccc3NC2(NC(=O)C(=O)Nc2cc(Cl)ccc2-n2cnnn2)C(=O)O)cc1. The van der Waals surface area contributed by atoms with Crippen LogP contribution in [0.2, 0.25) is 5.02 Å². The number of aromatic nitrogens is 4. The van der Waals surface area contributed by atoms with E-state index < -0.39 is 45.6 Å². The third-order valence-electron chi connectivity index (χ3n) is 7.18. The van der Waals surface area contributed by atoms with E-state index in [0.29, 0.717) is 22.5 Å². The minimum atomic E-state index is -3.71. The second kappa shape index (κ2) is 14.0. The number of fused-ring (bicyclic) bond motifs is 1. The number of carboxylic acid groups (broad SMARTS) is 1. The van der Waals surface area contributed by atoms with Gasteiger partial charge in [-0.2, -0.15) is 17.8 Å². The minimum Gasteiger partial charge on any atom is -0.478 e. The fourth-order valence-electron chi connectivity index (χ4n) is 5.01. The first kappa shape index (κ1) is 33.8. The van der Waals surface area contributed by atoms with E-state index in [1.807, 2.05) is 0 Å². The quantitative estimate of drug-likeness (QED) is 0.104. The summed E-state index contributed by atoms with van der Waals surface area (Å²) in [7, 11) is -3.71. The van der Waals surface area contributed by atoms with Gasteiger partial charge in [-0.25, -0.2) is 4.79 Å². The molecule has 1 aliphatic heterocycles. The van der Waals surface area contributed by atoms with E-state index in [1.54, 1.807) is 55.5 Å². The van der Waals surface area contributed by atoms with Crippen LogP contribution >= 0.6 is 11.6 Å². The molecule has 0 bridgehead atoms. The number of tetrazole rings is 1. The van der Waals surface area contributed by atoms with E-state index in [1.165, 1.54) is 29.2 Å². The van der Waals surface area contributed by atoms with Crippen molar-refractivity contribution in [2.75, 3.05) is 21.9 Å². The summed E-state index contributed by atoms with van der Waals surface area (Å²) in [5.41, 5.74) is -0.302. The van der Waals surface area contributed by atoms with Crippen LogP contribution in [0.4, 0.5) is 17.1 Å². The van der Waals surface area contributed by atoms with Gasteiger partial charge in [0.2, 0.25) is 11.6 Å². The molecule has 250 valence electrons. The van der Waals surface area contributed by atoms with Gasteiger partial charge in [-0.15, -0.1) is 5.10 Å². The molecular weight excluding hydrogens is 668 g/mol. The zero-order chi connectivity index (χ0) is 34.5. The Morgan fingerprint density at radius 1 is 1.04 bits per heavy atom. The van der Waals surface area contributed by atoms with Crippen LogP contribution in [0.5, 0.6) is 0 Å². The van der Waals surface area contributed by atoms with Crippen LogP contribution in [0.15, 0.2) is 73.1 Å². The zero-order valence-electron chi connectivity index (χ0n) is 25.1. The summed E-state index contributed by atoms with van der Waals surface area (Å²) < 4.78 is 29.8. The molecule has 5 rings (SSSR count). The molecule has 3 amide bonds. The maximum Gasteiger partial charge on any atom is 0.353 e. The summed E-state index contributed by atoms with van der Waals surface area (Å²) >= 11 is 6.10. The van der Waals surface area contributed by atoms with E-state index >= 15 is 0 Å². The second-order valence-corrected chi connectivity index (χ2v) is 12.4. The molecule has 7 N–H and O–H groups in total. The van der Waals surface area contributed by atoms with Gasteiger partial charge in [0.25, 0.3) is 10.2 Å². The van der Waals surface area contributed by atoms with Crippen molar-refractivity contribution in [3.63, 3.8) is 0 Å². The lowest BCUT2D eigenvalue weighted by Crippen LogP contribution is -2.65. The number of anilines is 3. The van der Waals surface area contributed by atoms with Gasteiger partial charge in [-0.1, -0.05) is 48.9 Å². The molecule has 0 spiro atoms. The Hall–Kier alpha value is -5.59. The van der Waals surface area contributed by atoms with E-state index in [4.69, 9.17) is 11.6 Å². The van der Waals surface area contributed by atoms with Crippen LogP contribution in [0.25, 0.3) is 5.69 Å². The van der Waals surface area contributed by atoms with Crippen LogP contribution in [0.1, 0.15) is 30.5 Å². The number of aryl methyl sites for hydroxylation is 1. The van der Waals surface area contributed by atoms with Crippen LogP contribution in [-0.4, -0.2) is 69.6 Å². The molecule has 0 saturated heterocycles. The molecule has 0 radical (unpaired) electrons. The summed E-state index contributed by atoms with van der Waals surface area (Å²) in [6, 6.07) is 15.9. The van der Waals surface area contributed by atoms with E-state index in [2.05, 4.69) is 46.2 Å². The summed E-state index contributed by atoms with van der Waals surface area (Å²) in [6.07, 6.45) is 1.41. The van der Waals surface area contributed by atoms with Crippen LogP contribution < -0.4 is 30.7 Å². The van der Waals surface area contributed by atoms with Crippen molar-refractivity contribution in [1.29, 1.82) is 0 Å². The minimum absolute atomic E-state index is 0.0647. The summed E-state index contributed by atoms with van der Waals surface area (Å²) in [5.74, 6) is -4.68. The van der Waals surface area contributed by atoms with Crippen molar-refractivity contribution in [3.8, 4) is 5.69 Å². The Morgan fingerprint density at radius 2 is 1.79 bits per heavy atom. The monoisotopic (exact) mass is 696 g/mol. The number of nitrogens with one attached hydrogen (secondary N) is 6. The number of carbonyl (C=O) groups excluding carboxylic acids is 3. The molecular formula is C29H29ClN10O7S. The maximum absolute atomic E-state index is 13.3. The first-order valence-corrected chi connectivity index (χ1v) is 16.2. The van der Waals surface area contributed by atoms with Gasteiger partial charge in [-0.3, -0.25) is 19.1 Å². The Kier molecular flexibility index (Phi) is 9.87. The highest BCUT2D eigenvalue weighted by Crippen LogP contribution is 2.40. The highest BCUT2D eigenvalue weighted by molar-refractivity contribution is 7.90. The van der Waals surface area contributed by atoms with Crippen LogP contribution in [0.3, 0.4) is 0 Å². The molecule has 4 aromatic rings. The number of benzene rings is 3. The van der Waals surface area contributed by atoms with E-state index in [-0.39, 0.29) is 35.8 Å². The number of rotatable bonds is 12. The van der Waals surface area contributed by atoms with Crippen LogP contribution in [-0.2, 0) is 35.8 Å². The van der Waals surface area contributed by atoms with Crippen molar-refractivity contribution >= 4 is 62.6 Å². The zero-order valence-corrected chi connectivity index (χ0v) is 26.7. The number of hydrogen-bond acceptors (Lipinski definition) is 10. The number of nitrogens with zero attached hydrogens (tertiary/aromatic N) is 4. The summed E-state index contributed by atoms with van der Waals surface area (Å²) in [4.78, 5) is 52.4. The summed E-state index contributed by atoms with van der Waals surface area (Å²) in [6.45, 7) is 1.87. The van der Waals surface area contributed by atoms with Gasteiger partial charge in [0.1, 0.15) is 12.4 Å². The van der Waals surface area contributed by atoms with Crippen molar-refractivity contribution < 1.29 is 32.7 Å². The van der Waals surface area contributed by atoms with Crippen LogP contribution in [0, 0.1) is 0 Å². The molecule has 2 unspecified atom stereocenters. The molecule has 2 heterocycles. The molecule has 48 heavy (non-hydrogen) atoms. The van der Waals surface area contributed by atoms with Gasteiger partial charge in [0.15, 0.2) is 0 Å². The highest BCUT2D eigenvalue weighted by atomic mass is 35.5. The third-order valence-corrected chi connectivity index (χ3v) is 8.59. The third kappa shape index (κ3) is 7.51. The molecule has 1 aliphatic rings.